The van der Waals surface area contributed by atoms with Crippen molar-refractivity contribution < 1.29 is 32.6 Å². The Bertz CT molecular complexity index is 714. The molecule has 9 heteroatoms. The molecule has 0 radical (unpaired) electrons. The lowest BCUT2D eigenvalue weighted by atomic mass is 10.2. The first-order valence-corrected chi connectivity index (χ1v) is 5.73. The molecule has 0 aliphatic carbocycles. The monoisotopic (exact) mass is 312 g/mol. The SMILES string of the molecule is O=C(O)c1ccnc(C(=O)Oc2ccc(C(F)(F)F)cc2)n1. The number of ether oxygens (including phenoxy) is 1. The molecule has 0 unspecified atom stereocenters. The third-order valence-electron chi connectivity index (χ3n) is 2.45. The Morgan fingerprint density at radius 3 is 2.27 bits per heavy atom. The van der Waals surface area contributed by atoms with Crippen LogP contribution in [-0.4, -0.2) is 27.0 Å². The number of carboxylic acid groups (broad SMARTS) is 1. The maximum Gasteiger partial charge on any atom is 0.416 e. The molecule has 0 atom stereocenters. The normalized spacial score (nSPS) is 11.0. The Morgan fingerprint density at radius 1 is 1.09 bits per heavy atom. The Kier molecular flexibility index (Phi) is 4.06. The predicted octanol–water partition coefficient (Wildman–Crippen LogP) is 2.41. The van der Waals surface area contributed by atoms with E-state index in [-0.39, 0.29) is 5.75 Å². The van der Waals surface area contributed by atoms with E-state index in [1.807, 2.05) is 0 Å². The van der Waals surface area contributed by atoms with Crippen LogP contribution in [0.15, 0.2) is 36.5 Å². The van der Waals surface area contributed by atoms with Crippen molar-refractivity contribution in [3.8, 4) is 5.75 Å². The molecule has 22 heavy (non-hydrogen) atoms. The molecule has 0 saturated heterocycles. The number of alkyl halides is 3. The van der Waals surface area contributed by atoms with Crippen LogP contribution in [0.4, 0.5) is 13.2 Å². The van der Waals surface area contributed by atoms with Crippen LogP contribution in [0.25, 0.3) is 0 Å². The van der Waals surface area contributed by atoms with Crippen LogP contribution in [-0.2, 0) is 6.18 Å². The van der Waals surface area contributed by atoms with Gasteiger partial charge in [-0.25, -0.2) is 19.6 Å². The summed E-state index contributed by atoms with van der Waals surface area (Å²) in [6, 6.07) is 4.50. The number of carbonyl (C=O) groups is 2. The van der Waals surface area contributed by atoms with Crippen LogP contribution in [0, 0.1) is 0 Å². The number of nitrogens with zero attached hydrogens (tertiary/aromatic N) is 2. The van der Waals surface area contributed by atoms with Gasteiger partial charge in [0, 0.05) is 6.20 Å². The zero-order valence-corrected chi connectivity index (χ0v) is 10.7. The Labute approximate surface area is 121 Å². The molecule has 1 aromatic heterocycles. The van der Waals surface area contributed by atoms with E-state index >= 15 is 0 Å². The molecule has 2 rings (SSSR count). The van der Waals surface area contributed by atoms with E-state index < -0.39 is 35.2 Å². The quantitative estimate of drug-likeness (QED) is 0.691. The van der Waals surface area contributed by atoms with Crippen molar-refractivity contribution in [2.45, 2.75) is 6.18 Å². The summed E-state index contributed by atoms with van der Waals surface area (Å²) in [5, 5.41) is 8.74. The van der Waals surface area contributed by atoms with Crippen LogP contribution in [0.3, 0.4) is 0 Å². The van der Waals surface area contributed by atoms with Gasteiger partial charge >= 0.3 is 18.1 Å². The second-order valence-electron chi connectivity index (χ2n) is 3.98. The number of hydrogen-bond acceptors (Lipinski definition) is 5. The van der Waals surface area contributed by atoms with Gasteiger partial charge in [-0.3, -0.25) is 0 Å². The number of rotatable bonds is 3. The van der Waals surface area contributed by atoms with Crippen molar-refractivity contribution in [2.75, 3.05) is 0 Å². The van der Waals surface area contributed by atoms with Crippen molar-refractivity contribution in [1.82, 2.24) is 9.97 Å². The highest BCUT2D eigenvalue weighted by Crippen LogP contribution is 2.30. The minimum Gasteiger partial charge on any atom is -0.477 e. The molecule has 1 heterocycles. The number of aromatic nitrogens is 2. The molecule has 0 amide bonds. The highest BCUT2D eigenvalue weighted by molar-refractivity contribution is 5.90. The molecular formula is C13H7F3N2O4. The second-order valence-corrected chi connectivity index (χ2v) is 3.98. The average Bonchev–Trinajstić information content (AvgIpc) is 2.47. The van der Waals surface area contributed by atoms with Crippen LogP contribution >= 0.6 is 0 Å². The molecule has 0 saturated carbocycles. The average molecular weight is 312 g/mol. The predicted molar refractivity (Wildman–Crippen MR) is 65.4 cm³/mol. The van der Waals surface area contributed by atoms with Gasteiger partial charge in [0.25, 0.3) is 0 Å². The van der Waals surface area contributed by atoms with E-state index in [2.05, 4.69) is 9.97 Å². The van der Waals surface area contributed by atoms with Gasteiger partial charge < -0.3 is 9.84 Å². The van der Waals surface area contributed by atoms with E-state index in [9.17, 15) is 22.8 Å². The molecule has 114 valence electrons. The fourth-order valence-electron chi connectivity index (χ4n) is 1.44. The lowest BCUT2D eigenvalue weighted by Crippen LogP contribution is -2.15. The molecule has 0 aliphatic rings. The molecule has 0 spiro atoms. The molecule has 1 aromatic carbocycles. The van der Waals surface area contributed by atoms with Gasteiger partial charge in [-0.1, -0.05) is 0 Å². The van der Waals surface area contributed by atoms with Gasteiger partial charge in [0.2, 0.25) is 5.82 Å². The summed E-state index contributed by atoms with van der Waals surface area (Å²) >= 11 is 0. The standard InChI is InChI=1S/C13H7F3N2O4/c14-13(15,16)7-1-3-8(4-2-7)22-12(21)10-17-6-5-9(18-10)11(19)20/h1-6H,(H,19,20). The number of carbonyl (C=O) groups excluding carboxylic acids is 1. The van der Waals surface area contributed by atoms with Crippen LogP contribution in [0.5, 0.6) is 5.75 Å². The van der Waals surface area contributed by atoms with E-state index in [1.165, 1.54) is 0 Å². The van der Waals surface area contributed by atoms with Gasteiger partial charge in [-0.2, -0.15) is 13.2 Å². The molecule has 0 fully saturated rings. The van der Waals surface area contributed by atoms with Crippen molar-refractivity contribution in [2.24, 2.45) is 0 Å². The number of carboxylic acids is 1. The topological polar surface area (TPSA) is 89.4 Å². The van der Waals surface area contributed by atoms with E-state index in [1.54, 1.807) is 0 Å². The smallest absolute Gasteiger partial charge is 0.416 e. The zero-order chi connectivity index (χ0) is 16.3. The summed E-state index contributed by atoms with van der Waals surface area (Å²) in [5.74, 6) is -3.10. The van der Waals surface area contributed by atoms with Crippen molar-refractivity contribution in [3.05, 3.63) is 53.6 Å². The lowest BCUT2D eigenvalue weighted by Gasteiger charge is -2.07. The highest BCUT2D eigenvalue weighted by atomic mass is 19.4. The summed E-state index contributed by atoms with van der Waals surface area (Å²) in [6.07, 6.45) is -3.44. The molecule has 2 aromatic rings. The van der Waals surface area contributed by atoms with Crippen molar-refractivity contribution in [3.63, 3.8) is 0 Å². The number of hydrogen-bond donors (Lipinski definition) is 1. The first-order chi connectivity index (χ1) is 10.3. The number of benzene rings is 1. The lowest BCUT2D eigenvalue weighted by molar-refractivity contribution is -0.137. The molecule has 0 bridgehead atoms. The third-order valence-corrected chi connectivity index (χ3v) is 2.45. The summed E-state index contributed by atoms with van der Waals surface area (Å²) in [6.45, 7) is 0. The summed E-state index contributed by atoms with van der Waals surface area (Å²) in [4.78, 5) is 29.4. The first kappa shape index (κ1) is 15.4. The maximum atomic E-state index is 12.4. The van der Waals surface area contributed by atoms with Gasteiger partial charge in [0.15, 0.2) is 5.69 Å². The second kappa shape index (κ2) is 5.80. The number of esters is 1. The summed E-state index contributed by atoms with van der Waals surface area (Å²) in [5.41, 5.74) is -1.30. The minimum atomic E-state index is -4.50. The number of halogens is 3. The zero-order valence-electron chi connectivity index (χ0n) is 10.7. The third kappa shape index (κ3) is 3.57. The summed E-state index contributed by atoms with van der Waals surface area (Å²) in [7, 11) is 0. The van der Waals surface area contributed by atoms with E-state index in [4.69, 9.17) is 9.84 Å². The van der Waals surface area contributed by atoms with E-state index in [0.717, 1.165) is 36.5 Å². The Balaban J connectivity index is 2.15. The van der Waals surface area contributed by atoms with Gasteiger partial charge in [-0.05, 0) is 30.3 Å². The van der Waals surface area contributed by atoms with Crippen LogP contribution in [0.2, 0.25) is 0 Å². The molecule has 6 nitrogen and oxygen atoms in total. The van der Waals surface area contributed by atoms with Crippen LogP contribution in [0.1, 0.15) is 26.7 Å². The maximum absolute atomic E-state index is 12.4. The van der Waals surface area contributed by atoms with Gasteiger partial charge in [0.05, 0.1) is 5.56 Å². The first-order valence-electron chi connectivity index (χ1n) is 5.73. The fourth-order valence-corrected chi connectivity index (χ4v) is 1.44. The summed E-state index contributed by atoms with van der Waals surface area (Å²) < 4.78 is 41.9. The molecule has 1 N–H and O–H groups in total. The Hall–Kier alpha value is -2.97. The Morgan fingerprint density at radius 2 is 1.73 bits per heavy atom. The molecule has 0 aliphatic heterocycles. The van der Waals surface area contributed by atoms with Gasteiger partial charge in [-0.15, -0.1) is 0 Å². The molecular weight excluding hydrogens is 305 g/mol. The van der Waals surface area contributed by atoms with Crippen LogP contribution < -0.4 is 4.74 Å². The van der Waals surface area contributed by atoms with E-state index in [0.29, 0.717) is 0 Å². The largest absolute Gasteiger partial charge is 0.477 e. The minimum absolute atomic E-state index is 0.151. The number of aromatic carboxylic acids is 1. The van der Waals surface area contributed by atoms with Crippen molar-refractivity contribution >= 4 is 11.9 Å². The fraction of sp³-hybridized carbons (Fsp3) is 0.0769. The highest BCUT2D eigenvalue weighted by Gasteiger charge is 2.30. The van der Waals surface area contributed by atoms with Gasteiger partial charge in [0.1, 0.15) is 5.75 Å². The van der Waals surface area contributed by atoms with Crippen molar-refractivity contribution in [1.29, 1.82) is 0 Å².